The van der Waals surface area contributed by atoms with E-state index in [1.807, 2.05) is 19.2 Å². The normalized spacial score (nSPS) is 16.2. The molecular weight excluding hydrogens is 328 g/mol. The summed E-state index contributed by atoms with van der Waals surface area (Å²) < 4.78 is 9.95. The van der Waals surface area contributed by atoms with Gasteiger partial charge in [0.15, 0.2) is 0 Å². The molecule has 1 aliphatic heterocycles. The number of likely N-dealkylation sites (tertiary alicyclic amines) is 1. The molecule has 26 heavy (non-hydrogen) atoms. The molecule has 0 spiro atoms. The van der Waals surface area contributed by atoms with Gasteiger partial charge in [-0.2, -0.15) is 0 Å². The number of ether oxygens (including phenoxy) is 1. The highest BCUT2D eigenvalue weighted by molar-refractivity contribution is 5.86. The van der Waals surface area contributed by atoms with Gasteiger partial charge >= 0.3 is 0 Å². The number of rotatable bonds is 4. The van der Waals surface area contributed by atoms with Crippen LogP contribution >= 0.6 is 0 Å². The molecule has 1 aliphatic rings. The third-order valence-corrected chi connectivity index (χ3v) is 5.18. The van der Waals surface area contributed by atoms with Crippen LogP contribution in [0.5, 0.6) is 5.75 Å². The molecule has 1 saturated heterocycles. The summed E-state index contributed by atoms with van der Waals surface area (Å²) in [6, 6.07) is 8.32. The van der Waals surface area contributed by atoms with E-state index in [0.29, 0.717) is 6.54 Å². The van der Waals surface area contributed by atoms with Crippen molar-refractivity contribution < 1.29 is 4.74 Å². The molecule has 0 saturated carbocycles. The van der Waals surface area contributed by atoms with Crippen LogP contribution in [0.25, 0.3) is 10.9 Å². The Bertz CT molecular complexity index is 967. The molecule has 0 radical (unpaired) electrons. The zero-order chi connectivity index (χ0) is 18.1. The first-order valence-corrected chi connectivity index (χ1v) is 9.04. The van der Waals surface area contributed by atoms with E-state index in [9.17, 15) is 4.79 Å². The van der Waals surface area contributed by atoms with Crippen molar-refractivity contribution in [1.29, 1.82) is 0 Å². The van der Waals surface area contributed by atoms with Gasteiger partial charge in [0.25, 0.3) is 5.56 Å². The zero-order valence-corrected chi connectivity index (χ0v) is 15.3. The van der Waals surface area contributed by atoms with Crippen molar-refractivity contribution in [3.05, 3.63) is 58.9 Å². The SMILES string of the molecule is Cn1cncc(CN2CCC(Oc3cccc4c3ccn4C)CC2)c1=O. The fourth-order valence-electron chi connectivity index (χ4n) is 3.65. The van der Waals surface area contributed by atoms with Crippen LogP contribution in [-0.4, -0.2) is 38.2 Å². The summed E-state index contributed by atoms with van der Waals surface area (Å²) >= 11 is 0. The second-order valence-corrected chi connectivity index (χ2v) is 7.04. The average molecular weight is 352 g/mol. The minimum Gasteiger partial charge on any atom is -0.490 e. The number of fused-ring (bicyclic) bond motifs is 1. The van der Waals surface area contributed by atoms with Gasteiger partial charge in [-0.15, -0.1) is 0 Å². The molecule has 0 aliphatic carbocycles. The number of hydrogen-bond acceptors (Lipinski definition) is 4. The van der Waals surface area contributed by atoms with Crippen LogP contribution in [0.4, 0.5) is 0 Å². The minimum absolute atomic E-state index is 0.0362. The van der Waals surface area contributed by atoms with E-state index in [1.165, 1.54) is 10.1 Å². The molecule has 0 bridgehead atoms. The van der Waals surface area contributed by atoms with Gasteiger partial charge in [0.05, 0.1) is 11.8 Å². The summed E-state index contributed by atoms with van der Waals surface area (Å²) in [5, 5.41) is 1.16. The van der Waals surface area contributed by atoms with Gasteiger partial charge in [-0.05, 0) is 31.0 Å². The van der Waals surface area contributed by atoms with Gasteiger partial charge in [-0.1, -0.05) is 6.07 Å². The van der Waals surface area contributed by atoms with E-state index in [2.05, 4.69) is 32.8 Å². The van der Waals surface area contributed by atoms with E-state index >= 15 is 0 Å². The number of benzene rings is 1. The highest BCUT2D eigenvalue weighted by atomic mass is 16.5. The largest absolute Gasteiger partial charge is 0.490 e. The van der Waals surface area contributed by atoms with Crippen LogP contribution in [0.2, 0.25) is 0 Å². The fourth-order valence-corrected chi connectivity index (χ4v) is 3.65. The van der Waals surface area contributed by atoms with Crippen molar-refractivity contribution in [3.8, 4) is 5.75 Å². The third kappa shape index (κ3) is 3.24. The van der Waals surface area contributed by atoms with Crippen LogP contribution in [0.15, 0.2) is 47.8 Å². The quantitative estimate of drug-likeness (QED) is 0.723. The Balaban J connectivity index is 1.39. The molecule has 2 aromatic heterocycles. The Kier molecular flexibility index (Phi) is 4.51. The predicted molar refractivity (Wildman–Crippen MR) is 101 cm³/mol. The topological polar surface area (TPSA) is 52.3 Å². The maximum atomic E-state index is 12.1. The van der Waals surface area contributed by atoms with Gasteiger partial charge in [0, 0.05) is 57.1 Å². The van der Waals surface area contributed by atoms with Gasteiger partial charge in [0.2, 0.25) is 0 Å². The summed E-state index contributed by atoms with van der Waals surface area (Å²) in [6.07, 6.45) is 7.44. The van der Waals surface area contributed by atoms with Crippen molar-refractivity contribution in [3.63, 3.8) is 0 Å². The second kappa shape index (κ2) is 6.96. The molecule has 3 heterocycles. The van der Waals surface area contributed by atoms with Gasteiger partial charge in [-0.25, -0.2) is 4.98 Å². The summed E-state index contributed by atoms with van der Waals surface area (Å²) in [5.74, 6) is 0.961. The van der Waals surface area contributed by atoms with Crippen LogP contribution in [0.1, 0.15) is 18.4 Å². The lowest BCUT2D eigenvalue weighted by Crippen LogP contribution is -2.39. The maximum Gasteiger partial charge on any atom is 0.257 e. The van der Waals surface area contributed by atoms with E-state index in [-0.39, 0.29) is 11.7 Å². The first-order valence-electron chi connectivity index (χ1n) is 9.04. The number of nitrogens with zero attached hydrogens (tertiary/aromatic N) is 4. The van der Waals surface area contributed by atoms with Crippen molar-refractivity contribution in [2.45, 2.75) is 25.5 Å². The lowest BCUT2D eigenvalue weighted by Gasteiger charge is -2.32. The van der Waals surface area contributed by atoms with Crippen LogP contribution in [0, 0.1) is 0 Å². The Morgan fingerprint density at radius 3 is 2.77 bits per heavy atom. The Morgan fingerprint density at radius 1 is 1.15 bits per heavy atom. The van der Waals surface area contributed by atoms with Crippen molar-refractivity contribution >= 4 is 10.9 Å². The first-order chi connectivity index (χ1) is 12.6. The number of piperidine rings is 1. The minimum atomic E-state index is 0.0362. The zero-order valence-electron chi connectivity index (χ0n) is 15.3. The van der Waals surface area contributed by atoms with E-state index in [4.69, 9.17) is 4.74 Å². The fraction of sp³-hybridized carbons (Fsp3) is 0.400. The number of hydrogen-bond donors (Lipinski definition) is 0. The van der Waals surface area contributed by atoms with Gasteiger partial charge in [0.1, 0.15) is 11.9 Å². The Labute approximate surface area is 152 Å². The summed E-state index contributed by atoms with van der Waals surface area (Å²) in [4.78, 5) is 18.6. The molecule has 6 heteroatoms. The highest BCUT2D eigenvalue weighted by Crippen LogP contribution is 2.28. The highest BCUT2D eigenvalue weighted by Gasteiger charge is 2.22. The van der Waals surface area contributed by atoms with Crippen LogP contribution in [0.3, 0.4) is 0 Å². The van der Waals surface area contributed by atoms with Gasteiger partial charge < -0.3 is 13.9 Å². The van der Waals surface area contributed by atoms with Crippen molar-refractivity contribution in [1.82, 2.24) is 19.0 Å². The molecule has 0 unspecified atom stereocenters. The Hall–Kier alpha value is -2.60. The van der Waals surface area contributed by atoms with Crippen molar-refractivity contribution in [2.75, 3.05) is 13.1 Å². The van der Waals surface area contributed by atoms with Gasteiger partial charge in [-0.3, -0.25) is 9.69 Å². The molecule has 136 valence electrons. The van der Waals surface area contributed by atoms with E-state index in [1.54, 1.807) is 19.6 Å². The second-order valence-electron chi connectivity index (χ2n) is 7.04. The molecule has 1 aromatic carbocycles. The predicted octanol–water partition coefficient (Wildman–Crippen LogP) is 2.32. The number of aryl methyl sites for hydroxylation is 2. The molecule has 0 atom stereocenters. The summed E-state index contributed by atoms with van der Waals surface area (Å²) in [7, 11) is 3.79. The summed E-state index contributed by atoms with van der Waals surface area (Å²) in [6.45, 7) is 2.50. The first kappa shape index (κ1) is 16.8. The monoisotopic (exact) mass is 352 g/mol. The molecule has 0 amide bonds. The molecule has 4 rings (SSSR count). The smallest absolute Gasteiger partial charge is 0.257 e. The Morgan fingerprint density at radius 2 is 1.96 bits per heavy atom. The standard InChI is InChI=1S/C20H24N4O2/c1-22-9-8-17-18(22)4-3-5-19(17)26-16-6-10-24(11-7-16)13-15-12-21-14-23(2)20(15)25/h3-5,8-9,12,14,16H,6-7,10-11,13H2,1-2H3. The third-order valence-electron chi connectivity index (χ3n) is 5.18. The lowest BCUT2D eigenvalue weighted by atomic mass is 10.1. The molecular formula is C20H24N4O2. The van der Waals surface area contributed by atoms with Crippen LogP contribution < -0.4 is 10.3 Å². The average Bonchev–Trinajstić information content (AvgIpc) is 3.03. The molecule has 1 fully saturated rings. The molecule has 3 aromatic rings. The van der Waals surface area contributed by atoms with Crippen molar-refractivity contribution in [2.24, 2.45) is 14.1 Å². The molecule has 6 nitrogen and oxygen atoms in total. The maximum absolute atomic E-state index is 12.1. The van der Waals surface area contributed by atoms with E-state index in [0.717, 1.165) is 42.6 Å². The van der Waals surface area contributed by atoms with E-state index < -0.39 is 0 Å². The number of aromatic nitrogens is 3. The molecule has 0 N–H and O–H groups in total. The van der Waals surface area contributed by atoms with Crippen LogP contribution in [-0.2, 0) is 20.6 Å². The summed E-state index contributed by atoms with van der Waals surface area (Å²) in [5.41, 5.74) is 1.98. The lowest BCUT2D eigenvalue weighted by molar-refractivity contribution is 0.0976.